The summed E-state index contributed by atoms with van der Waals surface area (Å²) >= 11 is 5.30. The molecule has 0 aliphatic rings. The van der Waals surface area contributed by atoms with Gasteiger partial charge in [-0.2, -0.15) is 0 Å². The molecule has 0 saturated heterocycles. The average Bonchev–Trinajstić information content (AvgIpc) is 2.29. The third-order valence-corrected chi connectivity index (χ3v) is 2.90. The quantitative estimate of drug-likeness (QED) is 0.800. The van der Waals surface area contributed by atoms with Gasteiger partial charge in [0.25, 0.3) is 0 Å². The Morgan fingerprint density at radius 3 is 2.65 bits per heavy atom. The molecule has 0 aliphatic carbocycles. The van der Waals surface area contributed by atoms with Crippen molar-refractivity contribution in [1.82, 2.24) is 5.32 Å². The van der Waals surface area contributed by atoms with E-state index in [0.29, 0.717) is 11.0 Å². The number of para-hydroxylation sites is 1. The van der Waals surface area contributed by atoms with E-state index in [2.05, 4.69) is 56.5 Å². The molecule has 3 heteroatoms. The molecule has 0 atom stereocenters. The highest BCUT2D eigenvalue weighted by atomic mass is 32.1. The summed E-state index contributed by atoms with van der Waals surface area (Å²) < 4.78 is 0. The lowest BCUT2D eigenvalue weighted by Crippen LogP contribution is -2.32. The summed E-state index contributed by atoms with van der Waals surface area (Å²) in [5.41, 5.74) is 3.69. The molecule has 0 heterocycles. The molecule has 0 fully saturated rings. The number of anilines is 1. The van der Waals surface area contributed by atoms with E-state index in [1.807, 2.05) is 0 Å². The Hall–Kier alpha value is -1.09. The fourth-order valence-electron chi connectivity index (χ4n) is 1.66. The smallest absolute Gasteiger partial charge is 0.170 e. The van der Waals surface area contributed by atoms with Crippen LogP contribution in [0.15, 0.2) is 18.2 Å². The van der Waals surface area contributed by atoms with Crippen LogP contribution in [0.5, 0.6) is 0 Å². The van der Waals surface area contributed by atoms with E-state index in [9.17, 15) is 0 Å². The third-order valence-electron chi connectivity index (χ3n) is 2.65. The second kappa shape index (κ2) is 6.60. The molecule has 0 unspecified atom stereocenters. The van der Waals surface area contributed by atoms with Crippen molar-refractivity contribution in [1.29, 1.82) is 0 Å². The van der Waals surface area contributed by atoms with Crippen molar-refractivity contribution in [3.63, 3.8) is 0 Å². The van der Waals surface area contributed by atoms with Crippen LogP contribution < -0.4 is 10.6 Å². The van der Waals surface area contributed by atoms with E-state index in [1.165, 1.54) is 11.1 Å². The van der Waals surface area contributed by atoms with Crippen molar-refractivity contribution < 1.29 is 0 Å². The Labute approximate surface area is 110 Å². The normalized spacial score (nSPS) is 10.4. The van der Waals surface area contributed by atoms with Gasteiger partial charge in [-0.1, -0.05) is 39.0 Å². The zero-order valence-electron chi connectivity index (χ0n) is 11.1. The summed E-state index contributed by atoms with van der Waals surface area (Å²) in [6, 6.07) is 6.33. The highest BCUT2D eigenvalue weighted by Crippen LogP contribution is 2.20. The van der Waals surface area contributed by atoms with E-state index in [-0.39, 0.29) is 0 Å². The molecule has 1 aromatic carbocycles. The SMILES string of the molecule is CCc1cccc(C)c1NC(=S)NCC(C)C. The van der Waals surface area contributed by atoms with Crippen LogP contribution in [0.2, 0.25) is 0 Å². The molecule has 0 saturated carbocycles. The van der Waals surface area contributed by atoms with E-state index < -0.39 is 0 Å². The minimum absolute atomic E-state index is 0.595. The molecular formula is C14H22N2S. The number of nitrogens with one attached hydrogen (secondary N) is 2. The Bertz CT molecular complexity index is 386. The molecule has 2 N–H and O–H groups in total. The van der Waals surface area contributed by atoms with Crippen molar-refractivity contribution in [2.75, 3.05) is 11.9 Å². The molecular weight excluding hydrogens is 228 g/mol. The first-order valence-corrected chi connectivity index (χ1v) is 6.58. The van der Waals surface area contributed by atoms with E-state index in [1.54, 1.807) is 0 Å². The fraction of sp³-hybridized carbons (Fsp3) is 0.500. The lowest BCUT2D eigenvalue weighted by Gasteiger charge is -2.16. The summed E-state index contributed by atoms with van der Waals surface area (Å²) in [5.74, 6) is 0.595. The topological polar surface area (TPSA) is 24.1 Å². The van der Waals surface area contributed by atoms with E-state index in [0.717, 1.165) is 18.7 Å². The van der Waals surface area contributed by atoms with E-state index in [4.69, 9.17) is 12.2 Å². The maximum absolute atomic E-state index is 5.30. The van der Waals surface area contributed by atoms with Gasteiger partial charge in [-0.3, -0.25) is 0 Å². The zero-order chi connectivity index (χ0) is 12.8. The predicted molar refractivity (Wildman–Crippen MR) is 79.6 cm³/mol. The number of hydrogen-bond donors (Lipinski definition) is 2. The predicted octanol–water partition coefficient (Wildman–Crippen LogP) is 3.50. The molecule has 0 aromatic heterocycles. The zero-order valence-corrected chi connectivity index (χ0v) is 11.9. The van der Waals surface area contributed by atoms with Crippen LogP contribution in [0.25, 0.3) is 0 Å². The number of benzene rings is 1. The molecule has 0 amide bonds. The highest BCUT2D eigenvalue weighted by Gasteiger charge is 2.05. The first kappa shape index (κ1) is 14.0. The molecule has 0 bridgehead atoms. The van der Waals surface area contributed by atoms with Gasteiger partial charge in [0, 0.05) is 12.2 Å². The van der Waals surface area contributed by atoms with E-state index >= 15 is 0 Å². The second-order valence-electron chi connectivity index (χ2n) is 4.69. The van der Waals surface area contributed by atoms with Crippen LogP contribution in [0.3, 0.4) is 0 Å². The molecule has 0 spiro atoms. The number of hydrogen-bond acceptors (Lipinski definition) is 1. The van der Waals surface area contributed by atoms with Gasteiger partial charge in [0.05, 0.1) is 0 Å². The van der Waals surface area contributed by atoms with Crippen molar-refractivity contribution in [3.8, 4) is 0 Å². The van der Waals surface area contributed by atoms with Crippen LogP contribution in [0.1, 0.15) is 31.9 Å². The Balaban J connectivity index is 2.70. The van der Waals surface area contributed by atoms with Crippen molar-refractivity contribution in [2.24, 2.45) is 5.92 Å². The van der Waals surface area contributed by atoms with Gasteiger partial charge in [0.15, 0.2) is 5.11 Å². The first-order chi connectivity index (χ1) is 8.04. The van der Waals surface area contributed by atoms with Crippen molar-refractivity contribution >= 4 is 23.0 Å². The van der Waals surface area contributed by atoms with Gasteiger partial charge in [0.1, 0.15) is 0 Å². The van der Waals surface area contributed by atoms with Gasteiger partial charge < -0.3 is 10.6 Å². The van der Waals surface area contributed by atoms with Gasteiger partial charge in [-0.25, -0.2) is 0 Å². The minimum Gasteiger partial charge on any atom is -0.362 e. The summed E-state index contributed by atoms with van der Waals surface area (Å²) in [5, 5.41) is 7.25. The summed E-state index contributed by atoms with van der Waals surface area (Å²) in [6.45, 7) is 9.50. The van der Waals surface area contributed by atoms with Gasteiger partial charge in [0.2, 0.25) is 0 Å². The molecule has 17 heavy (non-hydrogen) atoms. The number of aryl methyl sites for hydroxylation is 2. The minimum atomic E-state index is 0.595. The third kappa shape index (κ3) is 4.35. The van der Waals surface area contributed by atoms with Gasteiger partial charge in [-0.15, -0.1) is 0 Å². The largest absolute Gasteiger partial charge is 0.362 e. The van der Waals surface area contributed by atoms with Crippen LogP contribution in [-0.2, 0) is 6.42 Å². The maximum Gasteiger partial charge on any atom is 0.170 e. The molecule has 0 radical (unpaired) electrons. The monoisotopic (exact) mass is 250 g/mol. The average molecular weight is 250 g/mol. The fourth-order valence-corrected chi connectivity index (χ4v) is 1.84. The highest BCUT2D eigenvalue weighted by molar-refractivity contribution is 7.80. The standard InChI is InChI=1S/C14H22N2S/c1-5-12-8-6-7-11(4)13(12)16-14(17)15-9-10(2)3/h6-8,10H,5,9H2,1-4H3,(H2,15,16,17). The molecule has 0 aliphatic heterocycles. The van der Waals surface area contributed by atoms with Crippen LogP contribution in [0.4, 0.5) is 5.69 Å². The Kier molecular flexibility index (Phi) is 5.42. The van der Waals surface area contributed by atoms with Crippen LogP contribution >= 0.6 is 12.2 Å². The summed E-state index contributed by atoms with van der Waals surface area (Å²) in [4.78, 5) is 0. The Morgan fingerprint density at radius 1 is 1.35 bits per heavy atom. The maximum atomic E-state index is 5.30. The molecule has 1 aromatic rings. The number of thiocarbonyl (C=S) groups is 1. The Morgan fingerprint density at radius 2 is 2.06 bits per heavy atom. The lowest BCUT2D eigenvalue weighted by atomic mass is 10.1. The summed E-state index contributed by atoms with van der Waals surface area (Å²) in [7, 11) is 0. The molecule has 94 valence electrons. The molecule has 1 rings (SSSR count). The van der Waals surface area contributed by atoms with Crippen molar-refractivity contribution in [2.45, 2.75) is 34.1 Å². The van der Waals surface area contributed by atoms with Gasteiger partial charge in [-0.05, 0) is 42.6 Å². The van der Waals surface area contributed by atoms with Gasteiger partial charge >= 0.3 is 0 Å². The number of rotatable bonds is 4. The summed E-state index contributed by atoms with van der Waals surface area (Å²) in [6.07, 6.45) is 1.01. The molecule has 2 nitrogen and oxygen atoms in total. The van der Waals surface area contributed by atoms with Crippen LogP contribution in [-0.4, -0.2) is 11.7 Å². The second-order valence-corrected chi connectivity index (χ2v) is 5.10. The lowest BCUT2D eigenvalue weighted by molar-refractivity contribution is 0.627. The van der Waals surface area contributed by atoms with Crippen molar-refractivity contribution in [3.05, 3.63) is 29.3 Å². The first-order valence-electron chi connectivity index (χ1n) is 6.18. The van der Waals surface area contributed by atoms with Crippen LogP contribution in [0, 0.1) is 12.8 Å².